The van der Waals surface area contributed by atoms with E-state index >= 15 is 0 Å². The highest BCUT2D eigenvalue weighted by Crippen LogP contribution is 2.19. The van der Waals surface area contributed by atoms with E-state index in [1.807, 2.05) is 11.8 Å². The smallest absolute Gasteiger partial charge is 0.146 e. The Hall–Kier alpha value is -0.840. The van der Waals surface area contributed by atoms with E-state index in [-0.39, 0.29) is 0 Å². The lowest BCUT2D eigenvalue weighted by Gasteiger charge is -2.04. The minimum atomic E-state index is 0.310. The minimum absolute atomic E-state index is 0.310. The van der Waals surface area contributed by atoms with Crippen molar-refractivity contribution in [3.8, 4) is 0 Å². The van der Waals surface area contributed by atoms with Crippen molar-refractivity contribution < 1.29 is 0 Å². The fourth-order valence-corrected chi connectivity index (χ4v) is 2.04. The molecule has 0 aromatic carbocycles. The largest absolute Gasteiger partial charge is 0.382 e. The van der Waals surface area contributed by atoms with E-state index in [1.54, 1.807) is 0 Å². The third kappa shape index (κ3) is 2.81. The zero-order chi connectivity index (χ0) is 11.4. The number of hydrogen-bond acceptors (Lipinski definition) is 4. The van der Waals surface area contributed by atoms with Crippen molar-refractivity contribution in [2.75, 3.05) is 23.1 Å². The molecule has 0 saturated heterocycles. The van der Waals surface area contributed by atoms with Crippen LogP contribution in [-0.4, -0.2) is 21.2 Å². The molecule has 1 heterocycles. The summed E-state index contributed by atoms with van der Waals surface area (Å²) >= 11 is 1.89. The minimum Gasteiger partial charge on any atom is -0.382 e. The number of nitrogens with zero attached hydrogens (tertiary/aromatic N) is 2. The van der Waals surface area contributed by atoms with Crippen LogP contribution in [0.2, 0.25) is 0 Å². The van der Waals surface area contributed by atoms with Gasteiger partial charge < -0.3 is 11.6 Å². The molecule has 0 fully saturated rings. The number of hydrogen-bond donors (Lipinski definition) is 2. The molecule has 1 rings (SSSR count). The van der Waals surface area contributed by atoms with Crippen molar-refractivity contribution in [2.45, 2.75) is 33.1 Å². The normalized spacial score (nSPS) is 11.2. The van der Waals surface area contributed by atoms with Crippen LogP contribution in [0.25, 0.3) is 0 Å². The van der Waals surface area contributed by atoms with Gasteiger partial charge in [-0.1, -0.05) is 20.8 Å². The topological polar surface area (TPSA) is 69.9 Å². The molecule has 86 valence electrons. The predicted octanol–water partition coefficient (Wildman–Crippen LogP) is 1.60. The van der Waals surface area contributed by atoms with Gasteiger partial charge in [0.15, 0.2) is 0 Å². The van der Waals surface area contributed by atoms with E-state index in [1.165, 1.54) is 4.68 Å². The van der Waals surface area contributed by atoms with Gasteiger partial charge in [-0.05, 0) is 11.5 Å². The molecular formula is C10H20N4S. The molecule has 0 atom stereocenters. The molecule has 0 radical (unpaired) electrons. The van der Waals surface area contributed by atoms with Crippen LogP contribution in [0.15, 0.2) is 0 Å². The van der Waals surface area contributed by atoms with Gasteiger partial charge in [-0.2, -0.15) is 11.8 Å². The standard InChI is InChI=1S/C10H20N4S/c1-4-15-6-5-8-9(11)14(12)10(13-8)7(2)3/h7H,4-6,11-12H2,1-3H3. The monoisotopic (exact) mass is 228 g/mol. The van der Waals surface area contributed by atoms with Gasteiger partial charge in [0, 0.05) is 12.3 Å². The van der Waals surface area contributed by atoms with E-state index in [0.29, 0.717) is 11.7 Å². The molecule has 0 saturated carbocycles. The molecule has 4 nitrogen and oxygen atoms in total. The molecule has 0 spiro atoms. The molecule has 0 unspecified atom stereocenters. The van der Waals surface area contributed by atoms with Crippen LogP contribution < -0.4 is 11.6 Å². The summed E-state index contributed by atoms with van der Waals surface area (Å²) in [6.45, 7) is 6.28. The predicted molar refractivity (Wildman–Crippen MR) is 67.6 cm³/mol. The van der Waals surface area contributed by atoms with Crippen LogP contribution in [0.1, 0.15) is 38.2 Å². The second-order valence-electron chi connectivity index (χ2n) is 3.77. The average molecular weight is 228 g/mol. The lowest BCUT2D eigenvalue weighted by atomic mass is 10.2. The third-order valence-corrected chi connectivity index (χ3v) is 3.16. The number of rotatable bonds is 5. The molecule has 0 amide bonds. The fraction of sp³-hybridized carbons (Fsp3) is 0.700. The molecule has 0 aliphatic carbocycles. The Labute approximate surface area is 95.4 Å². The van der Waals surface area contributed by atoms with Crippen molar-refractivity contribution in [1.29, 1.82) is 0 Å². The summed E-state index contributed by atoms with van der Waals surface area (Å²) in [4.78, 5) is 4.48. The first-order valence-electron chi connectivity index (χ1n) is 5.27. The van der Waals surface area contributed by atoms with Crippen LogP contribution in [0.3, 0.4) is 0 Å². The summed E-state index contributed by atoms with van der Waals surface area (Å²) in [7, 11) is 0. The van der Waals surface area contributed by atoms with E-state index in [2.05, 4.69) is 25.8 Å². The number of aromatic nitrogens is 2. The van der Waals surface area contributed by atoms with Crippen LogP contribution in [0.5, 0.6) is 0 Å². The Kier molecular flexibility index (Phi) is 4.32. The highest BCUT2D eigenvalue weighted by Gasteiger charge is 2.14. The van der Waals surface area contributed by atoms with Gasteiger partial charge in [-0.25, -0.2) is 9.66 Å². The third-order valence-electron chi connectivity index (χ3n) is 2.26. The molecule has 0 aliphatic rings. The van der Waals surface area contributed by atoms with E-state index in [9.17, 15) is 0 Å². The maximum Gasteiger partial charge on any atom is 0.146 e. The van der Waals surface area contributed by atoms with Gasteiger partial charge in [0.05, 0.1) is 5.69 Å². The number of nitrogen functional groups attached to an aromatic ring is 2. The Balaban J connectivity index is 2.76. The Morgan fingerprint density at radius 2 is 2.13 bits per heavy atom. The van der Waals surface area contributed by atoms with Crippen molar-refractivity contribution in [3.05, 3.63) is 11.5 Å². The quantitative estimate of drug-likeness (QED) is 0.593. The van der Waals surface area contributed by atoms with Crippen molar-refractivity contribution >= 4 is 17.6 Å². The molecule has 15 heavy (non-hydrogen) atoms. The van der Waals surface area contributed by atoms with Gasteiger partial charge in [0.1, 0.15) is 11.6 Å². The average Bonchev–Trinajstić information content (AvgIpc) is 2.46. The van der Waals surface area contributed by atoms with Crippen LogP contribution in [-0.2, 0) is 6.42 Å². The molecule has 1 aromatic rings. The van der Waals surface area contributed by atoms with Crippen molar-refractivity contribution in [1.82, 2.24) is 9.66 Å². The van der Waals surface area contributed by atoms with E-state index < -0.39 is 0 Å². The lowest BCUT2D eigenvalue weighted by molar-refractivity contribution is 0.737. The fourth-order valence-electron chi connectivity index (χ4n) is 1.42. The first-order valence-corrected chi connectivity index (χ1v) is 6.43. The Morgan fingerprint density at radius 1 is 1.47 bits per heavy atom. The Morgan fingerprint density at radius 3 is 2.60 bits per heavy atom. The van der Waals surface area contributed by atoms with Crippen LogP contribution >= 0.6 is 11.8 Å². The first kappa shape index (κ1) is 12.2. The van der Waals surface area contributed by atoms with Crippen LogP contribution in [0.4, 0.5) is 5.82 Å². The van der Waals surface area contributed by atoms with E-state index in [4.69, 9.17) is 11.6 Å². The number of aryl methyl sites for hydroxylation is 1. The van der Waals surface area contributed by atoms with Gasteiger partial charge >= 0.3 is 0 Å². The molecule has 0 aliphatic heterocycles. The zero-order valence-corrected chi connectivity index (χ0v) is 10.5. The number of imidazole rings is 1. The van der Waals surface area contributed by atoms with Crippen LogP contribution in [0, 0.1) is 0 Å². The van der Waals surface area contributed by atoms with Gasteiger partial charge in [0.25, 0.3) is 0 Å². The van der Waals surface area contributed by atoms with E-state index in [0.717, 1.165) is 29.4 Å². The SMILES string of the molecule is CCSCCc1nc(C(C)C)n(N)c1N. The summed E-state index contributed by atoms with van der Waals surface area (Å²) in [6.07, 6.45) is 0.897. The summed E-state index contributed by atoms with van der Waals surface area (Å²) in [5.74, 6) is 9.79. The Bertz CT molecular complexity index is 319. The molecule has 4 N–H and O–H groups in total. The molecule has 0 bridgehead atoms. The lowest BCUT2D eigenvalue weighted by Crippen LogP contribution is -2.16. The van der Waals surface area contributed by atoms with Gasteiger partial charge in [0.2, 0.25) is 0 Å². The number of anilines is 1. The highest BCUT2D eigenvalue weighted by atomic mass is 32.2. The zero-order valence-electron chi connectivity index (χ0n) is 9.66. The summed E-state index contributed by atoms with van der Waals surface area (Å²) in [5.41, 5.74) is 6.82. The molecule has 5 heteroatoms. The summed E-state index contributed by atoms with van der Waals surface area (Å²) in [5, 5.41) is 0. The maximum atomic E-state index is 5.89. The number of thioether (sulfide) groups is 1. The van der Waals surface area contributed by atoms with Crippen molar-refractivity contribution in [3.63, 3.8) is 0 Å². The molecule has 1 aromatic heterocycles. The second-order valence-corrected chi connectivity index (χ2v) is 5.17. The highest BCUT2D eigenvalue weighted by molar-refractivity contribution is 7.99. The summed E-state index contributed by atoms with van der Waals surface area (Å²) < 4.78 is 1.51. The molecular weight excluding hydrogens is 208 g/mol. The second kappa shape index (κ2) is 5.30. The maximum absolute atomic E-state index is 5.89. The first-order chi connectivity index (χ1) is 7.07. The number of nitrogens with two attached hydrogens (primary N) is 2. The summed E-state index contributed by atoms with van der Waals surface area (Å²) in [6, 6.07) is 0. The van der Waals surface area contributed by atoms with Crippen molar-refractivity contribution in [2.24, 2.45) is 0 Å². The van der Waals surface area contributed by atoms with Gasteiger partial charge in [-0.3, -0.25) is 0 Å². The van der Waals surface area contributed by atoms with Gasteiger partial charge in [-0.15, -0.1) is 0 Å².